The van der Waals surface area contributed by atoms with Crippen molar-refractivity contribution in [3.63, 3.8) is 0 Å². The number of ether oxygens (including phenoxy) is 1. The molecule has 2 rings (SSSR count). The summed E-state index contributed by atoms with van der Waals surface area (Å²) < 4.78 is 4.78. The Morgan fingerprint density at radius 2 is 1.26 bits per heavy atom. The van der Waals surface area contributed by atoms with E-state index in [0.717, 1.165) is 5.56 Å². The monoisotopic (exact) mass is 264 g/mol. The van der Waals surface area contributed by atoms with E-state index in [2.05, 4.69) is 0 Å². The second-order valence-corrected chi connectivity index (χ2v) is 3.91. The molecule has 0 aliphatic carbocycles. The van der Waals surface area contributed by atoms with Gasteiger partial charge in [-0.2, -0.15) is 0 Å². The van der Waals surface area contributed by atoms with Gasteiger partial charge in [0.05, 0.1) is 11.1 Å². The zero-order valence-corrected chi connectivity index (χ0v) is 9.92. The molecule has 4 heteroatoms. The Balaban J connectivity index is 0.00000180. The van der Waals surface area contributed by atoms with Crippen LogP contribution in [0.15, 0.2) is 54.6 Å². The molecule has 0 unspecified atom stereocenters. The Morgan fingerprint density at radius 1 is 0.789 bits per heavy atom. The molecule has 0 aromatic heterocycles. The predicted octanol–water partition coefficient (Wildman–Crippen LogP) is 2.34. The van der Waals surface area contributed by atoms with E-state index in [9.17, 15) is 9.59 Å². The third kappa shape index (κ3) is 4.31. The quantitative estimate of drug-likeness (QED) is 0.475. The average molecular weight is 264 g/mol. The Kier molecular flexibility index (Phi) is 5.96. The van der Waals surface area contributed by atoms with Crippen LogP contribution >= 0.6 is 0 Å². The molecule has 0 spiro atoms. The van der Waals surface area contributed by atoms with E-state index in [-0.39, 0.29) is 29.6 Å². The summed E-state index contributed by atoms with van der Waals surface area (Å²) in [4.78, 5) is 23.3. The number of carbonyl (C=O) groups is 2. The third-order valence-electron chi connectivity index (χ3n) is 2.48. The summed E-state index contributed by atoms with van der Waals surface area (Å²) in [6.07, 6.45) is 0. The molecular weight excluding hydrogens is 251 g/mol. The first kappa shape index (κ1) is 15.6. The molecule has 0 atom stereocenters. The van der Waals surface area contributed by atoms with E-state index in [1.54, 1.807) is 54.6 Å². The van der Waals surface area contributed by atoms with Gasteiger partial charge in [-0.3, -0.25) is 0 Å². The van der Waals surface area contributed by atoms with Gasteiger partial charge >= 0.3 is 41.5 Å². The molecule has 0 aliphatic rings. The minimum atomic E-state index is -0.638. The maximum atomic E-state index is 11.7. The van der Waals surface area contributed by atoms with Gasteiger partial charge in [-0.25, -0.2) is 9.59 Å². The van der Waals surface area contributed by atoms with Crippen LogP contribution in [0.1, 0.15) is 26.3 Å². The van der Waals surface area contributed by atoms with Crippen LogP contribution < -0.4 is 0 Å². The maximum absolute atomic E-state index is 11.7. The molecule has 19 heavy (non-hydrogen) atoms. The zero-order chi connectivity index (χ0) is 13.0. The van der Waals surface area contributed by atoms with E-state index in [1.807, 2.05) is 6.92 Å². The van der Waals surface area contributed by atoms with Crippen molar-refractivity contribution in [2.45, 2.75) is 6.92 Å². The summed E-state index contributed by atoms with van der Waals surface area (Å²) in [5, 5.41) is 0. The van der Waals surface area contributed by atoms with E-state index in [1.165, 1.54) is 0 Å². The molecule has 2 aromatic carbocycles. The second-order valence-electron chi connectivity index (χ2n) is 3.91. The molecule has 0 amide bonds. The Labute approximate surface area is 133 Å². The van der Waals surface area contributed by atoms with Crippen molar-refractivity contribution in [2.24, 2.45) is 0 Å². The van der Waals surface area contributed by atoms with Crippen molar-refractivity contribution in [2.75, 3.05) is 0 Å². The van der Waals surface area contributed by atoms with Gasteiger partial charge in [0.1, 0.15) is 0 Å². The normalized spacial score (nSPS) is 9.32. The molecule has 0 saturated carbocycles. The summed E-state index contributed by atoms with van der Waals surface area (Å²) in [5.41, 5.74) is 1.77. The van der Waals surface area contributed by atoms with Crippen molar-refractivity contribution < 1.29 is 14.3 Å². The van der Waals surface area contributed by atoms with Gasteiger partial charge in [-0.1, -0.05) is 35.9 Å². The Hall–Kier alpha value is -1.42. The number of aryl methyl sites for hydroxylation is 1. The first-order chi connectivity index (χ1) is 8.66. The molecule has 0 fully saturated rings. The van der Waals surface area contributed by atoms with Gasteiger partial charge in [0.2, 0.25) is 0 Å². The average Bonchev–Trinajstić information content (AvgIpc) is 2.40. The molecule has 92 valence electrons. The zero-order valence-electron chi connectivity index (χ0n) is 9.92. The standard InChI is InChI=1S/C15H12O3.Na.H/c1-11-7-9-13(10-8-11)15(17)18-14(16)12-5-3-2-4-6-12;;/h2-10H,1H3;;. The summed E-state index contributed by atoms with van der Waals surface area (Å²) in [6.45, 7) is 1.92. The van der Waals surface area contributed by atoms with Crippen LogP contribution in [0.5, 0.6) is 0 Å². The number of rotatable bonds is 2. The van der Waals surface area contributed by atoms with Crippen molar-refractivity contribution in [1.29, 1.82) is 0 Å². The molecule has 3 nitrogen and oxygen atoms in total. The van der Waals surface area contributed by atoms with Crippen molar-refractivity contribution in [3.05, 3.63) is 71.3 Å². The van der Waals surface area contributed by atoms with Gasteiger partial charge in [-0.05, 0) is 31.2 Å². The van der Waals surface area contributed by atoms with Gasteiger partial charge in [0, 0.05) is 0 Å². The van der Waals surface area contributed by atoms with Gasteiger partial charge in [0.15, 0.2) is 0 Å². The Bertz CT molecular complexity index is 562. The summed E-state index contributed by atoms with van der Waals surface area (Å²) in [7, 11) is 0. The van der Waals surface area contributed by atoms with Gasteiger partial charge in [-0.15, -0.1) is 0 Å². The van der Waals surface area contributed by atoms with Crippen LogP contribution in [0, 0.1) is 6.92 Å². The van der Waals surface area contributed by atoms with Crippen molar-refractivity contribution in [1.82, 2.24) is 0 Å². The van der Waals surface area contributed by atoms with E-state index in [4.69, 9.17) is 4.74 Å². The van der Waals surface area contributed by atoms with Crippen molar-refractivity contribution in [3.8, 4) is 0 Å². The van der Waals surface area contributed by atoms with Crippen LogP contribution in [0.2, 0.25) is 0 Å². The van der Waals surface area contributed by atoms with Crippen LogP contribution in [-0.2, 0) is 4.74 Å². The van der Waals surface area contributed by atoms with E-state index >= 15 is 0 Å². The number of esters is 2. The molecule has 0 N–H and O–H groups in total. The summed E-state index contributed by atoms with van der Waals surface area (Å²) >= 11 is 0. The number of hydrogen-bond donors (Lipinski definition) is 0. The fourth-order valence-corrected chi connectivity index (χ4v) is 1.47. The second kappa shape index (κ2) is 7.24. The third-order valence-corrected chi connectivity index (χ3v) is 2.48. The molecule has 0 saturated heterocycles. The van der Waals surface area contributed by atoms with E-state index in [0.29, 0.717) is 11.1 Å². The molecular formula is C15H13NaO3. The Morgan fingerprint density at radius 3 is 1.79 bits per heavy atom. The van der Waals surface area contributed by atoms with Crippen LogP contribution in [0.25, 0.3) is 0 Å². The van der Waals surface area contributed by atoms with Gasteiger partial charge < -0.3 is 4.74 Å². The fourth-order valence-electron chi connectivity index (χ4n) is 1.47. The molecule has 0 heterocycles. The van der Waals surface area contributed by atoms with Crippen LogP contribution in [0.3, 0.4) is 0 Å². The molecule has 0 radical (unpaired) electrons. The predicted molar refractivity (Wildman–Crippen MR) is 74.5 cm³/mol. The fraction of sp³-hybridized carbons (Fsp3) is 0.0667. The molecule has 0 bridgehead atoms. The first-order valence-electron chi connectivity index (χ1n) is 5.55. The van der Waals surface area contributed by atoms with Gasteiger partial charge in [0.25, 0.3) is 0 Å². The summed E-state index contributed by atoms with van der Waals surface area (Å²) in [6, 6.07) is 15.3. The molecule has 0 aliphatic heterocycles. The van der Waals surface area contributed by atoms with Crippen LogP contribution in [0.4, 0.5) is 0 Å². The number of benzene rings is 2. The van der Waals surface area contributed by atoms with Crippen molar-refractivity contribution >= 4 is 41.5 Å². The first-order valence-corrected chi connectivity index (χ1v) is 5.55. The molecule has 2 aromatic rings. The minimum absolute atomic E-state index is 0. The topological polar surface area (TPSA) is 43.4 Å². The SMILES string of the molecule is Cc1ccc(C(=O)OC(=O)c2ccccc2)cc1.[NaH]. The van der Waals surface area contributed by atoms with Crippen LogP contribution in [-0.4, -0.2) is 41.5 Å². The number of hydrogen-bond acceptors (Lipinski definition) is 3. The summed E-state index contributed by atoms with van der Waals surface area (Å²) in [5.74, 6) is -1.27. The number of carbonyl (C=O) groups excluding carboxylic acids is 2. The van der Waals surface area contributed by atoms with E-state index < -0.39 is 11.9 Å².